The molecule has 1 unspecified atom stereocenters. The number of hydrogen-bond acceptors (Lipinski definition) is 5. The molecular weight excluding hydrogens is 225 g/mol. The minimum atomic E-state index is -4.64. The molecule has 0 aliphatic carbocycles. The Hall–Kier alpha value is -1.57. The Balaban J connectivity index is 2.99. The van der Waals surface area contributed by atoms with Crippen LogP contribution in [0.4, 0.5) is 24.8 Å². The summed E-state index contributed by atoms with van der Waals surface area (Å²) in [6, 6.07) is 0.747. The maximum Gasteiger partial charge on any atom is 0.451 e. The zero-order valence-corrected chi connectivity index (χ0v) is 8.41. The van der Waals surface area contributed by atoms with Crippen LogP contribution in [0.3, 0.4) is 0 Å². The Bertz CT molecular complexity index is 369. The molecular formula is C8H11F3N4O. The van der Waals surface area contributed by atoms with Gasteiger partial charge in [0.1, 0.15) is 11.6 Å². The largest absolute Gasteiger partial charge is 0.451 e. The standard InChI is InChI=1S/C8H11F3N4O/c1-4(3-16)13-6-2-5(12)14-7(15-6)8(9,10)11/h2,4,16H,3H2,1H3,(H3,12,13,14,15). The third-order valence-electron chi connectivity index (χ3n) is 1.67. The number of nitrogens with one attached hydrogen (secondary N) is 1. The van der Waals surface area contributed by atoms with E-state index >= 15 is 0 Å². The molecule has 8 heteroatoms. The third kappa shape index (κ3) is 3.23. The highest BCUT2D eigenvalue weighted by Crippen LogP contribution is 2.27. The van der Waals surface area contributed by atoms with E-state index in [0.29, 0.717) is 0 Å². The van der Waals surface area contributed by atoms with Crippen LogP contribution in [0.1, 0.15) is 12.7 Å². The van der Waals surface area contributed by atoms with E-state index < -0.39 is 18.0 Å². The summed E-state index contributed by atoms with van der Waals surface area (Å²) in [7, 11) is 0. The van der Waals surface area contributed by atoms with E-state index in [0.717, 1.165) is 0 Å². The molecule has 0 saturated carbocycles. The van der Waals surface area contributed by atoms with Crippen LogP contribution in [0.15, 0.2) is 6.07 Å². The molecule has 5 nitrogen and oxygen atoms in total. The molecule has 0 aromatic carbocycles. The lowest BCUT2D eigenvalue weighted by molar-refractivity contribution is -0.144. The van der Waals surface area contributed by atoms with Crippen LogP contribution < -0.4 is 11.1 Å². The van der Waals surface area contributed by atoms with E-state index in [1.807, 2.05) is 0 Å². The molecule has 0 spiro atoms. The van der Waals surface area contributed by atoms with Gasteiger partial charge < -0.3 is 16.2 Å². The van der Waals surface area contributed by atoms with Gasteiger partial charge in [0.15, 0.2) is 0 Å². The molecule has 0 radical (unpaired) electrons. The quantitative estimate of drug-likeness (QED) is 0.725. The van der Waals surface area contributed by atoms with Crippen molar-refractivity contribution in [2.75, 3.05) is 17.7 Å². The van der Waals surface area contributed by atoms with E-state index in [2.05, 4.69) is 15.3 Å². The highest BCUT2D eigenvalue weighted by Gasteiger charge is 2.35. The van der Waals surface area contributed by atoms with Crippen LogP contribution in [0.25, 0.3) is 0 Å². The zero-order valence-electron chi connectivity index (χ0n) is 8.41. The Labute approximate surface area is 89.5 Å². The van der Waals surface area contributed by atoms with Crippen molar-refractivity contribution in [3.63, 3.8) is 0 Å². The van der Waals surface area contributed by atoms with Crippen molar-refractivity contribution >= 4 is 11.6 Å². The summed E-state index contributed by atoms with van der Waals surface area (Å²) < 4.78 is 36.9. The fourth-order valence-corrected chi connectivity index (χ4v) is 0.965. The van der Waals surface area contributed by atoms with Gasteiger partial charge in [-0.1, -0.05) is 0 Å². The van der Waals surface area contributed by atoms with Gasteiger partial charge in [-0.3, -0.25) is 0 Å². The second kappa shape index (κ2) is 4.52. The van der Waals surface area contributed by atoms with Crippen molar-refractivity contribution in [1.29, 1.82) is 0 Å². The number of aliphatic hydroxyl groups is 1. The first kappa shape index (κ1) is 12.5. The Kier molecular flexibility index (Phi) is 3.53. The van der Waals surface area contributed by atoms with E-state index in [-0.39, 0.29) is 18.2 Å². The number of nitrogens with two attached hydrogens (primary N) is 1. The van der Waals surface area contributed by atoms with Gasteiger partial charge in [-0.15, -0.1) is 0 Å². The van der Waals surface area contributed by atoms with Gasteiger partial charge in [0, 0.05) is 12.1 Å². The fraction of sp³-hybridized carbons (Fsp3) is 0.500. The van der Waals surface area contributed by atoms with Gasteiger partial charge in [0.2, 0.25) is 5.82 Å². The lowest BCUT2D eigenvalue weighted by Gasteiger charge is -2.13. The van der Waals surface area contributed by atoms with Crippen molar-refractivity contribution in [2.24, 2.45) is 0 Å². The predicted octanol–water partition coefficient (Wildman–Crippen LogP) is 0.870. The summed E-state index contributed by atoms with van der Waals surface area (Å²) >= 11 is 0. The van der Waals surface area contributed by atoms with E-state index in [1.54, 1.807) is 6.92 Å². The Morgan fingerprint density at radius 2 is 2.12 bits per heavy atom. The topological polar surface area (TPSA) is 84.1 Å². The molecule has 1 atom stereocenters. The SMILES string of the molecule is CC(CO)Nc1cc(N)nc(C(F)(F)F)n1. The van der Waals surface area contributed by atoms with Crippen LogP contribution in [0.2, 0.25) is 0 Å². The first-order chi connectivity index (χ1) is 7.32. The van der Waals surface area contributed by atoms with Crippen molar-refractivity contribution in [3.8, 4) is 0 Å². The number of nitrogen functional groups attached to an aromatic ring is 1. The molecule has 90 valence electrons. The second-order valence-electron chi connectivity index (χ2n) is 3.23. The van der Waals surface area contributed by atoms with Gasteiger partial charge in [-0.05, 0) is 6.92 Å². The van der Waals surface area contributed by atoms with Gasteiger partial charge in [-0.2, -0.15) is 13.2 Å². The lowest BCUT2D eigenvalue weighted by atomic mass is 10.3. The van der Waals surface area contributed by atoms with Crippen LogP contribution in [-0.2, 0) is 6.18 Å². The number of aliphatic hydroxyl groups excluding tert-OH is 1. The Morgan fingerprint density at radius 1 is 1.50 bits per heavy atom. The van der Waals surface area contributed by atoms with Crippen molar-refractivity contribution < 1.29 is 18.3 Å². The average molecular weight is 236 g/mol. The monoisotopic (exact) mass is 236 g/mol. The first-order valence-corrected chi connectivity index (χ1v) is 4.42. The van der Waals surface area contributed by atoms with Crippen LogP contribution in [-0.4, -0.2) is 27.7 Å². The molecule has 0 bridgehead atoms. The molecule has 0 amide bonds. The lowest BCUT2D eigenvalue weighted by Crippen LogP contribution is -2.22. The van der Waals surface area contributed by atoms with E-state index in [1.165, 1.54) is 6.07 Å². The molecule has 1 rings (SSSR count). The number of anilines is 2. The van der Waals surface area contributed by atoms with Gasteiger partial charge in [-0.25, -0.2) is 9.97 Å². The number of rotatable bonds is 3. The summed E-state index contributed by atoms with van der Waals surface area (Å²) in [4.78, 5) is 6.33. The third-order valence-corrected chi connectivity index (χ3v) is 1.67. The molecule has 1 aromatic heterocycles. The Morgan fingerprint density at radius 3 is 2.62 bits per heavy atom. The molecule has 1 heterocycles. The second-order valence-corrected chi connectivity index (χ2v) is 3.23. The maximum atomic E-state index is 12.3. The summed E-state index contributed by atoms with van der Waals surface area (Å²) in [5.74, 6) is -1.66. The number of halogens is 3. The van der Waals surface area contributed by atoms with Crippen molar-refractivity contribution in [2.45, 2.75) is 19.1 Å². The number of nitrogens with zero attached hydrogens (tertiary/aromatic N) is 2. The molecule has 0 saturated heterocycles. The van der Waals surface area contributed by atoms with Crippen LogP contribution >= 0.6 is 0 Å². The van der Waals surface area contributed by atoms with E-state index in [9.17, 15) is 13.2 Å². The van der Waals surface area contributed by atoms with Crippen LogP contribution in [0, 0.1) is 0 Å². The predicted molar refractivity (Wildman–Crippen MR) is 51.6 cm³/mol. The van der Waals surface area contributed by atoms with Gasteiger partial charge >= 0.3 is 6.18 Å². The molecule has 16 heavy (non-hydrogen) atoms. The normalized spacial score (nSPS) is 13.6. The first-order valence-electron chi connectivity index (χ1n) is 4.42. The summed E-state index contributed by atoms with van der Waals surface area (Å²) in [5, 5.41) is 11.3. The molecule has 1 aromatic rings. The highest BCUT2D eigenvalue weighted by molar-refractivity contribution is 5.45. The number of alkyl halides is 3. The van der Waals surface area contributed by atoms with Gasteiger partial charge in [0.05, 0.1) is 6.61 Å². The number of aromatic nitrogens is 2. The number of hydrogen-bond donors (Lipinski definition) is 3. The fourth-order valence-electron chi connectivity index (χ4n) is 0.965. The minimum absolute atomic E-state index is 0.0682. The summed E-state index contributed by atoms with van der Waals surface area (Å²) in [6.45, 7) is 1.36. The smallest absolute Gasteiger partial charge is 0.394 e. The molecule has 0 aliphatic rings. The molecule has 0 aliphatic heterocycles. The molecule has 4 N–H and O–H groups in total. The average Bonchev–Trinajstić information content (AvgIpc) is 2.15. The van der Waals surface area contributed by atoms with Crippen LogP contribution in [0.5, 0.6) is 0 Å². The van der Waals surface area contributed by atoms with Crippen molar-refractivity contribution in [1.82, 2.24) is 9.97 Å². The maximum absolute atomic E-state index is 12.3. The van der Waals surface area contributed by atoms with E-state index in [4.69, 9.17) is 10.8 Å². The summed E-state index contributed by atoms with van der Waals surface area (Å²) in [5.41, 5.74) is 5.22. The minimum Gasteiger partial charge on any atom is -0.394 e. The summed E-state index contributed by atoms with van der Waals surface area (Å²) in [6.07, 6.45) is -4.64. The van der Waals surface area contributed by atoms with Crippen molar-refractivity contribution in [3.05, 3.63) is 11.9 Å². The highest BCUT2D eigenvalue weighted by atomic mass is 19.4. The van der Waals surface area contributed by atoms with Gasteiger partial charge in [0.25, 0.3) is 0 Å². The zero-order chi connectivity index (χ0) is 12.3. The molecule has 0 fully saturated rings.